The minimum absolute atomic E-state index is 0.0613. The summed E-state index contributed by atoms with van der Waals surface area (Å²) in [6, 6.07) is 17.2. The van der Waals surface area contributed by atoms with Crippen molar-refractivity contribution in [1.29, 1.82) is 0 Å². The van der Waals surface area contributed by atoms with E-state index in [-0.39, 0.29) is 11.6 Å². The second-order valence-corrected chi connectivity index (χ2v) is 8.55. The quantitative estimate of drug-likeness (QED) is 0.220. The highest BCUT2D eigenvalue weighted by atomic mass is 35.5. The summed E-state index contributed by atoms with van der Waals surface area (Å²) < 4.78 is 2.29. The molecule has 1 fully saturated rings. The summed E-state index contributed by atoms with van der Waals surface area (Å²) in [5.41, 5.74) is 2.05. The smallest absolute Gasteiger partial charge is 0.274 e. The van der Waals surface area contributed by atoms with Gasteiger partial charge in [0.2, 0.25) is 0 Å². The highest BCUT2D eigenvalue weighted by molar-refractivity contribution is 8.27. The number of nitrogens with zero attached hydrogens (tertiary/aromatic N) is 3. The number of benzene rings is 2. The first-order valence-corrected chi connectivity index (χ1v) is 10.5. The van der Waals surface area contributed by atoms with Gasteiger partial charge in [0.05, 0.1) is 22.1 Å². The van der Waals surface area contributed by atoms with Gasteiger partial charge >= 0.3 is 0 Å². The van der Waals surface area contributed by atoms with E-state index < -0.39 is 4.92 Å². The van der Waals surface area contributed by atoms with Gasteiger partial charge in [0.1, 0.15) is 0 Å². The number of thiocarbonyl (C=S) groups is 1. The molecule has 150 valence electrons. The van der Waals surface area contributed by atoms with E-state index in [1.165, 1.54) is 22.7 Å². The second-order valence-electron chi connectivity index (χ2n) is 6.44. The largest absolute Gasteiger partial charge is 0.343 e. The zero-order valence-corrected chi connectivity index (χ0v) is 17.8. The van der Waals surface area contributed by atoms with Crippen LogP contribution >= 0.6 is 35.6 Å². The number of halogens is 1. The van der Waals surface area contributed by atoms with Crippen molar-refractivity contribution in [2.24, 2.45) is 0 Å². The molecule has 30 heavy (non-hydrogen) atoms. The number of nitro benzene ring substituents is 1. The Morgan fingerprint density at radius 2 is 1.83 bits per heavy atom. The number of carbonyl (C=O) groups is 1. The van der Waals surface area contributed by atoms with E-state index in [4.69, 9.17) is 23.8 Å². The maximum absolute atomic E-state index is 13.0. The van der Waals surface area contributed by atoms with Crippen LogP contribution in [0.3, 0.4) is 0 Å². The predicted molar refractivity (Wildman–Crippen MR) is 124 cm³/mol. The van der Waals surface area contributed by atoms with Crippen molar-refractivity contribution in [3.63, 3.8) is 0 Å². The van der Waals surface area contributed by atoms with Crippen LogP contribution in [-0.4, -0.2) is 19.7 Å². The normalized spacial score (nSPS) is 15.2. The van der Waals surface area contributed by atoms with Gasteiger partial charge in [-0.15, -0.1) is 0 Å². The molecule has 6 nitrogen and oxygen atoms in total. The van der Waals surface area contributed by atoms with Crippen LogP contribution < -0.4 is 4.90 Å². The van der Waals surface area contributed by atoms with Gasteiger partial charge < -0.3 is 4.57 Å². The van der Waals surface area contributed by atoms with Crippen LogP contribution in [0, 0.1) is 10.1 Å². The summed E-state index contributed by atoms with van der Waals surface area (Å²) in [4.78, 5) is 25.8. The Kier molecular flexibility index (Phi) is 5.72. The van der Waals surface area contributed by atoms with Gasteiger partial charge in [0, 0.05) is 28.5 Å². The Labute approximate surface area is 186 Å². The predicted octanol–water partition coefficient (Wildman–Crippen LogP) is 5.50. The molecule has 1 aliphatic heterocycles. The topological polar surface area (TPSA) is 68.4 Å². The molecule has 9 heteroatoms. The van der Waals surface area contributed by atoms with Crippen molar-refractivity contribution in [2.75, 3.05) is 4.90 Å². The van der Waals surface area contributed by atoms with Gasteiger partial charge in [0.25, 0.3) is 11.6 Å². The third kappa shape index (κ3) is 4.02. The fraction of sp³-hybridized carbons (Fsp3) is 0.0476. The maximum Gasteiger partial charge on any atom is 0.274 e. The number of anilines is 1. The summed E-state index contributed by atoms with van der Waals surface area (Å²) in [6.45, 7) is 0.313. The molecule has 0 radical (unpaired) electrons. The van der Waals surface area contributed by atoms with Crippen molar-refractivity contribution >= 4 is 63.3 Å². The molecule has 0 aliphatic carbocycles. The summed E-state index contributed by atoms with van der Waals surface area (Å²) >= 11 is 12.5. The van der Waals surface area contributed by atoms with Gasteiger partial charge in [-0.05, 0) is 42.5 Å². The number of nitro groups is 1. The number of amides is 1. The standard InChI is InChI=1S/C21H14ClN3O3S2/c22-15-7-9-16(10-8-15)24-20(26)19(30-21(24)29)12-17-5-3-11-23(17)13-14-4-1-2-6-18(14)25(27)28/h1-12H,13H2/b19-12-. The van der Waals surface area contributed by atoms with Crippen LogP contribution in [-0.2, 0) is 11.3 Å². The third-order valence-corrected chi connectivity index (χ3v) is 6.11. The molecule has 0 saturated carbocycles. The van der Waals surface area contributed by atoms with Crippen molar-refractivity contribution in [3.8, 4) is 0 Å². The lowest BCUT2D eigenvalue weighted by Gasteiger charge is -2.14. The SMILES string of the molecule is O=C1/C(=C/c2cccn2Cc2ccccc2[N+](=O)[O-])SC(=S)N1c1ccc(Cl)cc1. The van der Waals surface area contributed by atoms with E-state index in [0.717, 1.165) is 5.69 Å². The van der Waals surface area contributed by atoms with E-state index in [1.807, 2.05) is 22.9 Å². The molecule has 2 heterocycles. The van der Waals surface area contributed by atoms with Crippen LogP contribution in [0.25, 0.3) is 6.08 Å². The summed E-state index contributed by atoms with van der Waals surface area (Å²) in [7, 11) is 0. The number of thioether (sulfide) groups is 1. The summed E-state index contributed by atoms with van der Waals surface area (Å²) in [5, 5.41) is 11.9. The van der Waals surface area contributed by atoms with E-state index in [0.29, 0.717) is 32.0 Å². The Hall–Kier alpha value is -2.94. The van der Waals surface area contributed by atoms with Crippen molar-refractivity contribution in [3.05, 3.63) is 98.2 Å². The first-order chi connectivity index (χ1) is 14.4. The van der Waals surface area contributed by atoms with Gasteiger partial charge in [-0.1, -0.05) is 53.8 Å². The molecule has 0 atom stereocenters. The fourth-order valence-corrected chi connectivity index (χ4v) is 4.53. The summed E-state index contributed by atoms with van der Waals surface area (Å²) in [5.74, 6) is -0.217. The molecule has 3 aromatic rings. The Bertz CT molecular complexity index is 1190. The molecule has 1 aliphatic rings. The lowest BCUT2D eigenvalue weighted by Crippen LogP contribution is -2.27. The summed E-state index contributed by atoms with van der Waals surface area (Å²) in [6.07, 6.45) is 3.58. The molecular weight excluding hydrogens is 442 g/mol. The highest BCUT2D eigenvalue weighted by Crippen LogP contribution is 2.36. The maximum atomic E-state index is 13.0. The Morgan fingerprint density at radius 1 is 1.10 bits per heavy atom. The van der Waals surface area contributed by atoms with E-state index >= 15 is 0 Å². The molecule has 0 unspecified atom stereocenters. The molecule has 4 rings (SSSR count). The zero-order chi connectivity index (χ0) is 21.3. The van der Waals surface area contributed by atoms with Crippen molar-refractivity contribution < 1.29 is 9.72 Å². The highest BCUT2D eigenvalue weighted by Gasteiger charge is 2.33. The molecule has 2 aromatic carbocycles. The average Bonchev–Trinajstić information content (AvgIpc) is 3.27. The number of carbonyl (C=O) groups excluding carboxylic acids is 1. The molecule has 0 spiro atoms. The van der Waals surface area contributed by atoms with Crippen molar-refractivity contribution in [2.45, 2.75) is 6.54 Å². The van der Waals surface area contributed by atoms with Crippen LogP contribution in [0.2, 0.25) is 5.02 Å². The fourth-order valence-electron chi connectivity index (χ4n) is 3.12. The van der Waals surface area contributed by atoms with Gasteiger partial charge in [-0.3, -0.25) is 19.8 Å². The molecule has 0 N–H and O–H groups in total. The van der Waals surface area contributed by atoms with Crippen molar-refractivity contribution in [1.82, 2.24) is 4.57 Å². The van der Waals surface area contributed by atoms with Crippen LogP contribution in [0.1, 0.15) is 11.3 Å². The molecule has 1 aromatic heterocycles. The second kappa shape index (κ2) is 8.43. The Balaban J connectivity index is 1.62. The minimum Gasteiger partial charge on any atom is -0.343 e. The Morgan fingerprint density at radius 3 is 2.57 bits per heavy atom. The lowest BCUT2D eigenvalue weighted by atomic mass is 10.2. The molecule has 1 saturated heterocycles. The van der Waals surface area contributed by atoms with Crippen LogP contribution in [0.15, 0.2) is 71.8 Å². The van der Waals surface area contributed by atoms with Gasteiger partial charge in [-0.25, -0.2) is 0 Å². The minimum atomic E-state index is -0.393. The third-order valence-electron chi connectivity index (χ3n) is 4.55. The first kappa shape index (κ1) is 20.3. The van der Waals surface area contributed by atoms with Crippen LogP contribution in [0.4, 0.5) is 11.4 Å². The molecule has 0 bridgehead atoms. The van der Waals surface area contributed by atoms with Gasteiger partial charge in [-0.2, -0.15) is 0 Å². The van der Waals surface area contributed by atoms with Crippen LogP contribution in [0.5, 0.6) is 0 Å². The molecule has 1 amide bonds. The zero-order valence-electron chi connectivity index (χ0n) is 15.4. The van der Waals surface area contributed by atoms with E-state index in [1.54, 1.807) is 48.5 Å². The van der Waals surface area contributed by atoms with E-state index in [2.05, 4.69) is 0 Å². The average molecular weight is 456 g/mol. The number of hydrogen-bond acceptors (Lipinski definition) is 5. The number of para-hydroxylation sites is 1. The monoisotopic (exact) mass is 455 g/mol. The van der Waals surface area contributed by atoms with Gasteiger partial charge in [0.15, 0.2) is 4.32 Å². The lowest BCUT2D eigenvalue weighted by molar-refractivity contribution is -0.385. The number of aromatic nitrogens is 1. The first-order valence-electron chi connectivity index (χ1n) is 8.85. The van der Waals surface area contributed by atoms with E-state index in [9.17, 15) is 14.9 Å². The number of hydrogen-bond donors (Lipinski definition) is 0. The number of rotatable bonds is 5. The molecular formula is C21H14ClN3O3S2.